The van der Waals surface area contributed by atoms with Crippen molar-refractivity contribution in [2.24, 2.45) is 0 Å². The minimum absolute atomic E-state index is 0.00483. The zero-order valence-corrected chi connectivity index (χ0v) is 15.0. The fourth-order valence-electron chi connectivity index (χ4n) is 2.69. The molecule has 0 spiro atoms. The molecule has 0 aromatic heterocycles. The molecule has 1 saturated heterocycles. The normalized spacial score (nSPS) is 17.8. The van der Waals surface area contributed by atoms with Crippen LogP contribution in [0.4, 0.5) is 4.39 Å². The molecule has 1 N–H and O–H groups in total. The molecule has 1 heterocycles. The number of carbonyl (C=O) groups excluding carboxylic acids is 1. The molecule has 134 valence electrons. The Morgan fingerprint density at radius 1 is 1.38 bits per heavy atom. The molecule has 24 heavy (non-hydrogen) atoms. The number of carbonyl (C=O) groups is 1. The number of halogens is 2. The Balaban J connectivity index is 2.54. The van der Waals surface area contributed by atoms with Gasteiger partial charge in [0, 0.05) is 30.0 Å². The van der Waals surface area contributed by atoms with Gasteiger partial charge in [0.05, 0.1) is 18.2 Å². The number of hydrogen-bond donors (Lipinski definition) is 1. The molecule has 0 radical (unpaired) electrons. The van der Waals surface area contributed by atoms with Gasteiger partial charge in [0.1, 0.15) is 17.3 Å². The van der Waals surface area contributed by atoms with Gasteiger partial charge in [-0.1, -0.05) is 11.6 Å². The van der Waals surface area contributed by atoms with Gasteiger partial charge in [-0.25, -0.2) is 4.39 Å². The summed E-state index contributed by atoms with van der Waals surface area (Å²) in [7, 11) is -3.85. The summed E-state index contributed by atoms with van der Waals surface area (Å²) in [5.41, 5.74) is 0.343. The first-order valence-electron chi connectivity index (χ1n) is 7.56. The Bertz CT molecular complexity index is 738. The lowest BCUT2D eigenvalue weighted by Gasteiger charge is -2.20. The summed E-state index contributed by atoms with van der Waals surface area (Å²) in [6, 6.07) is 1.23. The second-order valence-electron chi connectivity index (χ2n) is 5.32. The van der Waals surface area contributed by atoms with Gasteiger partial charge < -0.3 is 10.1 Å². The molecule has 1 aromatic rings. The minimum Gasteiger partial charge on any atom is -0.493 e. The number of hydrogen-bond acceptors (Lipinski definition) is 5. The van der Waals surface area contributed by atoms with E-state index in [4.69, 9.17) is 20.5 Å². The minimum atomic E-state index is -3.85. The second-order valence-corrected chi connectivity index (χ2v) is 7.37. The highest BCUT2D eigenvalue weighted by Crippen LogP contribution is 2.40. The third kappa shape index (κ3) is 4.17. The fraction of sp³-hybridized carbons (Fsp3) is 0.533. The van der Waals surface area contributed by atoms with E-state index in [1.807, 2.05) is 0 Å². The van der Waals surface area contributed by atoms with Crippen LogP contribution in [-0.4, -0.2) is 34.1 Å². The SMILES string of the molecule is CCOc1c(CS(=O)(=O)OCC)cc(Cl)c(F)c1[C@@H]1CNC(=O)C1. The Morgan fingerprint density at radius 3 is 2.62 bits per heavy atom. The van der Waals surface area contributed by atoms with E-state index in [0.29, 0.717) is 0 Å². The Hall–Kier alpha value is -1.38. The lowest BCUT2D eigenvalue weighted by Crippen LogP contribution is -2.15. The predicted molar refractivity (Wildman–Crippen MR) is 87.2 cm³/mol. The molecule has 1 atom stereocenters. The second kappa shape index (κ2) is 7.67. The van der Waals surface area contributed by atoms with E-state index in [1.54, 1.807) is 13.8 Å². The maximum Gasteiger partial charge on any atom is 0.271 e. The van der Waals surface area contributed by atoms with E-state index < -0.39 is 27.6 Å². The van der Waals surface area contributed by atoms with Crippen molar-refractivity contribution in [3.8, 4) is 5.75 Å². The highest BCUT2D eigenvalue weighted by molar-refractivity contribution is 7.85. The lowest BCUT2D eigenvalue weighted by atomic mass is 9.94. The van der Waals surface area contributed by atoms with E-state index in [1.165, 1.54) is 6.07 Å². The number of amides is 1. The molecular formula is C15H19ClFNO5S. The van der Waals surface area contributed by atoms with Crippen molar-refractivity contribution in [1.82, 2.24) is 5.32 Å². The average molecular weight is 380 g/mol. The van der Waals surface area contributed by atoms with Crippen molar-refractivity contribution in [1.29, 1.82) is 0 Å². The van der Waals surface area contributed by atoms with E-state index >= 15 is 0 Å². The van der Waals surface area contributed by atoms with Crippen LogP contribution in [0.1, 0.15) is 37.3 Å². The average Bonchev–Trinajstić information content (AvgIpc) is 2.90. The van der Waals surface area contributed by atoms with Crippen LogP contribution in [0.5, 0.6) is 5.75 Å². The van der Waals surface area contributed by atoms with Gasteiger partial charge in [0.2, 0.25) is 5.91 Å². The first-order chi connectivity index (χ1) is 11.3. The molecule has 9 heteroatoms. The smallest absolute Gasteiger partial charge is 0.271 e. The molecule has 6 nitrogen and oxygen atoms in total. The van der Waals surface area contributed by atoms with Gasteiger partial charge in [0.15, 0.2) is 0 Å². The summed E-state index contributed by atoms with van der Waals surface area (Å²) in [4.78, 5) is 11.5. The number of rotatable bonds is 7. The quantitative estimate of drug-likeness (QED) is 0.735. The molecule has 1 fully saturated rings. The molecule has 2 rings (SSSR count). The van der Waals surface area contributed by atoms with Crippen LogP contribution in [0.3, 0.4) is 0 Å². The zero-order chi connectivity index (χ0) is 17.9. The van der Waals surface area contributed by atoms with Crippen molar-refractivity contribution < 1.29 is 26.5 Å². The standard InChI is InChI=1S/C15H19ClFNO5S/c1-3-22-15-10(8-24(20,21)23-4-2)5-11(16)14(17)13(15)9-6-12(19)18-7-9/h5,9H,3-4,6-8H2,1-2H3,(H,18,19)/t9-/m0/s1. The summed E-state index contributed by atoms with van der Waals surface area (Å²) in [6.45, 7) is 3.71. The molecule has 0 unspecified atom stereocenters. The van der Waals surface area contributed by atoms with Gasteiger partial charge in [-0.3, -0.25) is 8.98 Å². The van der Waals surface area contributed by atoms with Crippen LogP contribution < -0.4 is 10.1 Å². The Morgan fingerprint density at radius 2 is 2.08 bits per heavy atom. The monoisotopic (exact) mass is 379 g/mol. The topological polar surface area (TPSA) is 81.7 Å². The van der Waals surface area contributed by atoms with Gasteiger partial charge in [-0.2, -0.15) is 8.42 Å². The van der Waals surface area contributed by atoms with Gasteiger partial charge in [0.25, 0.3) is 10.1 Å². The van der Waals surface area contributed by atoms with E-state index in [-0.39, 0.29) is 54.0 Å². The van der Waals surface area contributed by atoms with Crippen molar-refractivity contribution in [3.05, 3.63) is 28.0 Å². The first kappa shape index (κ1) is 19.0. The summed E-state index contributed by atoms with van der Waals surface area (Å²) < 4.78 is 48.8. The number of nitrogens with one attached hydrogen (secondary N) is 1. The third-order valence-corrected chi connectivity index (χ3v) is 5.12. The number of benzene rings is 1. The summed E-state index contributed by atoms with van der Waals surface area (Å²) in [5.74, 6) is -1.74. The molecular weight excluding hydrogens is 361 g/mol. The third-order valence-electron chi connectivity index (χ3n) is 3.59. The molecule has 0 bridgehead atoms. The fourth-order valence-corrected chi connectivity index (χ4v) is 3.96. The largest absolute Gasteiger partial charge is 0.493 e. The highest BCUT2D eigenvalue weighted by atomic mass is 35.5. The van der Waals surface area contributed by atoms with Crippen LogP contribution in [0, 0.1) is 5.82 Å². The van der Waals surface area contributed by atoms with E-state index in [2.05, 4.69) is 5.32 Å². The van der Waals surface area contributed by atoms with Crippen molar-refractivity contribution in [3.63, 3.8) is 0 Å². The maximum atomic E-state index is 14.6. The lowest BCUT2D eigenvalue weighted by molar-refractivity contribution is -0.119. The summed E-state index contributed by atoms with van der Waals surface area (Å²) >= 11 is 5.94. The van der Waals surface area contributed by atoms with Crippen LogP contribution in [-0.2, 0) is 24.8 Å². The van der Waals surface area contributed by atoms with Crippen molar-refractivity contribution in [2.45, 2.75) is 31.9 Å². The van der Waals surface area contributed by atoms with E-state index in [0.717, 1.165) is 0 Å². The van der Waals surface area contributed by atoms with Crippen LogP contribution in [0.2, 0.25) is 5.02 Å². The van der Waals surface area contributed by atoms with E-state index in [9.17, 15) is 17.6 Å². The maximum absolute atomic E-state index is 14.6. The number of ether oxygens (including phenoxy) is 1. The highest BCUT2D eigenvalue weighted by Gasteiger charge is 2.32. The summed E-state index contributed by atoms with van der Waals surface area (Å²) in [6.07, 6.45) is 0.0922. The van der Waals surface area contributed by atoms with Crippen molar-refractivity contribution in [2.75, 3.05) is 19.8 Å². The van der Waals surface area contributed by atoms with Crippen LogP contribution in [0.25, 0.3) is 0 Å². The summed E-state index contributed by atoms with van der Waals surface area (Å²) in [5, 5.41) is 2.41. The Kier molecular flexibility index (Phi) is 6.06. The first-order valence-corrected chi connectivity index (χ1v) is 9.51. The van der Waals surface area contributed by atoms with Gasteiger partial charge >= 0.3 is 0 Å². The predicted octanol–water partition coefficient (Wildman–Crippen LogP) is 2.35. The molecule has 0 aliphatic carbocycles. The van der Waals surface area contributed by atoms with Gasteiger partial charge in [-0.05, 0) is 19.9 Å². The molecule has 1 amide bonds. The van der Waals surface area contributed by atoms with Crippen LogP contribution >= 0.6 is 11.6 Å². The zero-order valence-electron chi connectivity index (χ0n) is 13.4. The molecule has 1 aromatic carbocycles. The van der Waals surface area contributed by atoms with Crippen molar-refractivity contribution >= 4 is 27.6 Å². The Labute approximate surface area is 145 Å². The van der Waals surface area contributed by atoms with Crippen LogP contribution in [0.15, 0.2) is 6.07 Å². The van der Waals surface area contributed by atoms with Gasteiger partial charge in [-0.15, -0.1) is 0 Å². The molecule has 1 aliphatic heterocycles. The molecule has 0 saturated carbocycles. The molecule has 1 aliphatic rings.